The average molecular weight is 449 g/mol. The first-order valence-electron chi connectivity index (χ1n) is 11.1. The molecular weight excluding hydrogens is 412 g/mol. The van der Waals surface area contributed by atoms with Gasteiger partial charge in [0, 0.05) is 19.3 Å². The summed E-state index contributed by atoms with van der Waals surface area (Å²) in [5, 5.41) is 16.2. The van der Waals surface area contributed by atoms with Gasteiger partial charge in [-0.15, -0.1) is 0 Å². The summed E-state index contributed by atoms with van der Waals surface area (Å²) in [5.74, 6) is -0.467. The zero-order chi connectivity index (χ0) is 23.9. The minimum Gasteiger partial charge on any atom is -0.444 e. The first kappa shape index (κ1) is 25.6. The van der Waals surface area contributed by atoms with E-state index in [2.05, 4.69) is 15.6 Å². The number of likely N-dealkylation sites (tertiary alicyclic amines) is 1. The predicted octanol–water partition coefficient (Wildman–Crippen LogP) is 2.10. The van der Waals surface area contributed by atoms with Crippen LogP contribution >= 0.6 is 0 Å². The van der Waals surface area contributed by atoms with E-state index in [0.29, 0.717) is 31.5 Å². The van der Waals surface area contributed by atoms with Crippen LogP contribution in [0.5, 0.6) is 0 Å². The molecule has 3 amide bonds. The maximum Gasteiger partial charge on any atom is 0.408 e. The van der Waals surface area contributed by atoms with Gasteiger partial charge in [0.2, 0.25) is 5.91 Å². The summed E-state index contributed by atoms with van der Waals surface area (Å²) in [6.07, 6.45) is 1.52. The summed E-state index contributed by atoms with van der Waals surface area (Å²) >= 11 is 0. The molecule has 0 aromatic carbocycles. The maximum atomic E-state index is 13.0. The van der Waals surface area contributed by atoms with Gasteiger partial charge in [0.25, 0.3) is 5.91 Å². The summed E-state index contributed by atoms with van der Waals surface area (Å²) in [4.78, 5) is 43.5. The molecule has 0 radical (unpaired) electrons. The molecule has 1 aliphatic heterocycles. The third kappa shape index (κ3) is 8.11. The number of aromatic nitrogens is 1. The van der Waals surface area contributed by atoms with Crippen LogP contribution in [-0.2, 0) is 9.53 Å². The van der Waals surface area contributed by atoms with Crippen LogP contribution < -0.4 is 10.6 Å². The number of rotatable bonds is 6. The lowest BCUT2D eigenvalue weighted by Gasteiger charge is -2.28. The number of hydrogen-bond acceptors (Lipinski definition) is 6. The number of hydrogen-bond donors (Lipinski definition) is 3. The molecule has 1 aromatic heterocycles. The first-order valence-corrected chi connectivity index (χ1v) is 11.1. The molecule has 0 saturated carbocycles. The van der Waals surface area contributed by atoms with Crippen molar-refractivity contribution in [2.45, 2.75) is 77.7 Å². The normalized spacial score (nSPS) is 20.3. The van der Waals surface area contributed by atoms with Crippen LogP contribution in [0.15, 0.2) is 24.4 Å². The number of nitrogens with zero attached hydrogens (tertiary/aromatic N) is 2. The smallest absolute Gasteiger partial charge is 0.408 e. The summed E-state index contributed by atoms with van der Waals surface area (Å²) in [6, 6.07) is 3.80. The summed E-state index contributed by atoms with van der Waals surface area (Å²) < 4.78 is 5.28. The molecule has 2 unspecified atom stereocenters. The molecule has 32 heavy (non-hydrogen) atoms. The fraction of sp³-hybridized carbons (Fsp3) is 0.652. The van der Waals surface area contributed by atoms with Crippen LogP contribution in [-0.4, -0.2) is 69.8 Å². The number of carbonyl (C=O) groups excluding carboxylic acids is 3. The van der Waals surface area contributed by atoms with Crippen molar-refractivity contribution in [3.63, 3.8) is 0 Å². The van der Waals surface area contributed by atoms with E-state index in [-0.39, 0.29) is 24.3 Å². The molecule has 1 fully saturated rings. The van der Waals surface area contributed by atoms with E-state index in [1.807, 2.05) is 13.8 Å². The van der Waals surface area contributed by atoms with Gasteiger partial charge in [0.1, 0.15) is 17.3 Å². The Hall–Kier alpha value is -2.68. The number of carbonyl (C=O) groups is 3. The van der Waals surface area contributed by atoms with Gasteiger partial charge in [0.15, 0.2) is 0 Å². The van der Waals surface area contributed by atoms with Crippen molar-refractivity contribution in [1.29, 1.82) is 0 Å². The third-order valence-corrected chi connectivity index (χ3v) is 5.03. The molecule has 0 aliphatic carbocycles. The van der Waals surface area contributed by atoms with Crippen molar-refractivity contribution in [3.05, 3.63) is 30.1 Å². The minimum absolute atomic E-state index is 0.0920. The highest BCUT2D eigenvalue weighted by molar-refractivity contribution is 5.92. The van der Waals surface area contributed by atoms with Crippen molar-refractivity contribution in [1.82, 2.24) is 20.5 Å². The average Bonchev–Trinajstić information content (AvgIpc) is 2.87. The second kappa shape index (κ2) is 11.3. The molecule has 1 aromatic rings. The lowest BCUT2D eigenvalue weighted by molar-refractivity contribution is -0.125. The molecule has 9 nitrogen and oxygen atoms in total. The van der Waals surface area contributed by atoms with Crippen molar-refractivity contribution >= 4 is 17.9 Å². The summed E-state index contributed by atoms with van der Waals surface area (Å²) in [6.45, 7) is 9.73. The number of pyridine rings is 1. The Bertz CT molecular complexity index is 778. The highest BCUT2D eigenvalue weighted by atomic mass is 16.6. The second-order valence-electron chi connectivity index (χ2n) is 9.62. The van der Waals surface area contributed by atoms with Crippen molar-refractivity contribution in [2.24, 2.45) is 5.92 Å². The summed E-state index contributed by atoms with van der Waals surface area (Å²) in [7, 11) is 0. The van der Waals surface area contributed by atoms with Crippen molar-refractivity contribution < 1.29 is 24.2 Å². The van der Waals surface area contributed by atoms with E-state index in [1.54, 1.807) is 50.1 Å². The second-order valence-corrected chi connectivity index (χ2v) is 9.62. The molecule has 1 saturated heterocycles. The van der Waals surface area contributed by atoms with Crippen LogP contribution in [0, 0.1) is 5.92 Å². The van der Waals surface area contributed by atoms with E-state index in [9.17, 15) is 19.5 Å². The van der Waals surface area contributed by atoms with Crippen molar-refractivity contribution in [3.8, 4) is 0 Å². The molecule has 1 aliphatic rings. The Morgan fingerprint density at radius 3 is 2.59 bits per heavy atom. The van der Waals surface area contributed by atoms with E-state index in [1.165, 1.54) is 0 Å². The summed E-state index contributed by atoms with van der Waals surface area (Å²) in [5.41, 5.74) is -0.356. The van der Waals surface area contributed by atoms with Gasteiger partial charge in [-0.2, -0.15) is 0 Å². The number of alkyl carbamates (subject to hydrolysis) is 1. The molecule has 178 valence electrons. The molecule has 0 bridgehead atoms. The molecule has 9 heteroatoms. The van der Waals surface area contributed by atoms with Crippen molar-refractivity contribution in [2.75, 3.05) is 13.1 Å². The molecule has 0 spiro atoms. The van der Waals surface area contributed by atoms with E-state index in [0.717, 1.165) is 0 Å². The number of β-amino-alcohol motifs (C(OH)–C–C–N with tert-alkyl or cyclic N) is 1. The topological polar surface area (TPSA) is 121 Å². The van der Waals surface area contributed by atoms with E-state index >= 15 is 0 Å². The van der Waals surface area contributed by atoms with E-state index in [4.69, 9.17) is 4.74 Å². The Morgan fingerprint density at radius 2 is 2.00 bits per heavy atom. The molecule has 3 N–H and O–H groups in total. The molecular formula is C23H36N4O5. The zero-order valence-electron chi connectivity index (χ0n) is 19.6. The Morgan fingerprint density at radius 1 is 1.28 bits per heavy atom. The van der Waals surface area contributed by atoms with Gasteiger partial charge in [-0.3, -0.25) is 14.6 Å². The molecule has 2 heterocycles. The van der Waals surface area contributed by atoms with Crippen LogP contribution in [0.2, 0.25) is 0 Å². The monoisotopic (exact) mass is 448 g/mol. The molecule has 2 rings (SSSR count). The predicted molar refractivity (Wildman–Crippen MR) is 120 cm³/mol. The highest BCUT2D eigenvalue weighted by Crippen LogP contribution is 2.16. The number of aliphatic hydroxyl groups excluding tert-OH is 1. The number of nitrogens with one attached hydrogen (secondary N) is 2. The minimum atomic E-state index is -0.935. The largest absolute Gasteiger partial charge is 0.444 e. The lowest BCUT2D eigenvalue weighted by atomic mass is 10.0. The van der Waals surface area contributed by atoms with Gasteiger partial charge >= 0.3 is 6.09 Å². The number of amides is 3. The number of aliphatic hydroxyl groups is 1. The third-order valence-electron chi connectivity index (χ3n) is 5.03. The Kier molecular flexibility index (Phi) is 9.00. The maximum absolute atomic E-state index is 13.0. The quantitative estimate of drug-likeness (QED) is 0.613. The van der Waals surface area contributed by atoms with Gasteiger partial charge in [-0.1, -0.05) is 19.9 Å². The Labute approximate surface area is 189 Å². The van der Waals surface area contributed by atoms with Crippen LogP contribution in [0.4, 0.5) is 4.79 Å². The fourth-order valence-electron chi connectivity index (χ4n) is 3.58. The van der Waals surface area contributed by atoms with Gasteiger partial charge in [-0.25, -0.2) is 4.79 Å². The van der Waals surface area contributed by atoms with Crippen LogP contribution in [0.3, 0.4) is 0 Å². The molecule has 3 atom stereocenters. The van der Waals surface area contributed by atoms with Crippen LogP contribution in [0.1, 0.15) is 64.4 Å². The van der Waals surface area contributed by atoms with Crippen LogP contribution in [0.25, 0.3) is 0 Å². The fourth-order valence-corrected chi connectivity index (χ4v) is 3.58. The lowest BCUT2D eigenvalue weighted by Crippen LogP contribution is -2.54. The number of ether oxygens (including phenoxy) is 1. The first-order chi connectivity index (χ1) is 15.0. The SMILES string of the molecule is CC(C)CC(NC(=O)OC(C)(C)C)C(=O)NC1CCCN(C(=O)c2ccccn2)C[C@@H]1O. The van der Waals surface area contributed by atoms with Gasteiger partial charge in [-0.05, 0) is 58.1 Å². The Balaban J connectivity index is 2.01. The highest BCUT2D eigenvalue weighted by Gasteiger charge is 2.32. The van der Waals surface area contributed by atoms with E-state index < -0.39 is 29.9 Å². The van der Waals surface area contributed by atoms with Gasteiger partial charge < -0.3 is 25.4 Å². The standard InChI is InChI=1S/C23H36N4O5/c1-15(2)13-18(26-22(31)32-23(3,4)5)20(29)25-16-10-8-12-27(14-19(16)28)21(30)17-9-6-7-11-24-17/h6-7,9,11,15-16,18-19,28H,8,10,12-14H2,1-5H3,(H,25,29)(H,26,31)/t16?,18?,19-/m0/s1. The zero-order valence-corrected chi connectivity index (χ0v) is 19.6. The van der Waals surface area contributed by atoms with Gasteiger partial charge in [0.05, 0.1) is 12.1 Å².